The molecule has 0 aliphatic carbocycles. The van der Waals surface area contributed by atoms with E-state index in [1.807, 2.05) is 0 Å². The van der Waals surface area contributed by atoms with Crippen molar-refractivity contribution >= 4 is 29.5 Å². The van der Waals surface area contributed by atoms with Gasteiger partial charge in [-0.3, -0.25) is 19.7 Å². The number of anilines is 1. The number of hydrogen-bond donors (Lipinski definition) is 1. The number of amides is 1. The maximum atomic E-state index is 11.7. The van der Waals surface area contributed by atoms with Crippen molar-refractivity contribution in [3.8, 4) is 0 Å². The number of halogens is 1. The summed E-state index contributed by atoms with van der Waals surface area (Å²) in [7, 11) is 0. The molecule has 0 saturated heterocycles. The monoisotopic (exact) mass is 312 g/mol. The van der Waals surface area contributed by atoms with Crippen LogP contribution in [0.25, 0.3) is 0 Å². The number of nitrogens with one attached hydrogen (secondary N) is 1. The van der Waals surface area contributed by atoms with Gasteiger partial charge in [-0.25, -0.2) is 0 Å². The van der Waals surface area contributed by atoms with Crippen LogP contribution in [0.2, 0.25) is 5.02 Å². The minimum atomic E-state index is -1.49. The highest BCUT2D eigenvalue weighted by Gasteiger charge is 2.24. The summed E-state index contributed by atoms with van der Waals surface area (Å²) in [5, 5.41) is 13.5. The maximum absolute atomic E-state index is 11.7. The molecule has 1 rings (SSSR count). The molecule has 1 unspecified atom stereocenters. The van der Waals surface area contributed by atoms with Crippen LogP contribution in [0.3, 0.4) is 0 Å². The third-order valence-corrected chi connectivity index (χ3v) is 3.29. The van der Waals surface area contributed by atoms with E-state index < -0.39 is 11.0 Å². The molecule has 0 bridgehead atoms. The summed E-state index contributed by atoms with van der Waals surface area (Å²) in [5.41, 5.74) is 0.568. The molecule has 1 amide bonds. The minimum Gasteiger partial charge on any atom is -0.326 e. The van der Waals surface area contributed by atoms with Gasteiger partial charge >= 0.3 is 0 Å². The molecule has 1 aromatic rings. The van der Waals surface area contributed by atoms with Gasteiger partial charge in [-0.05, 0) is 24.6 Å². The first kappa shape index (κ1) is 17.1. The summed E-state index contributed by atoms with van der Waals surface area (Å²) in [6.07, 6.45) is 3.46. The van der Waals surface area contributed by atoms with Crippen molar-refractivity contribution in [2.75, 3.05) is 5.32 Å². The van der Waals surface area contributed by atoms with Crippen LogP contribution in [0.15, 0.2) is 18.2 Å². The lowest BCUT2D eigenvalue weighted by molar-refractivity contribution is -0.511. The quantitative estimate of drug-likeness (QED) is 0.345. The third-order valence-electron chi connectivity index (χ3n) is 2.97. The first-order valence-electron chi connectivity index (χ1n) is 6.67. The molecule has 7 heteroatoms. The van der Waals surface area contributed by atoms with Crippen molar-refractivity contribution in [3.05, 3.63) is 38.9 Å². The largest absolute Gasteiger partial charge is 0.326 e. The Balaban J connectivity index is 2.76. The van der Waals surface area contributed by atoms with Gasteiger partial charge in [0.15, 0.2) is 6.29 Å². The van der Waals surface area contributed by atoms with Crippen molar-refractivity contribution < 1.29 is 14.5 Å². The standard InChI is InChI=1S/C14H17ClN2O4/c1-2-3-4-5-14(19)16-10-6-7-11(12(15)8-10)13(9-18)17(20)21/h6-9,13H,2-5H2,1H3,(H,16,19). The molecule has 21 heavy (non-hydrogen) atoms. The van der Waals surface area contributed by atoms with Crippen molar-refractivity contribution in [1.29, 1.82) is 0 Å². The SMILES string of the molecule is CCCCCC(=O)Nc1ccc(C(C=O)[N+](=O)[O-])c(Cl)c1. The van der Waals surface area contributed by atoms with E-state index in [1.165, 1.54) is 18.2 Å². The van der Waals surface area contributed by atoms with E-state index in [0.717, 1.165) is 19.3 Å². The molecular weight excluding hydrogens is 296 g/mol. The van der Waals surface area contributed by atoms with Crippen molar-refractivity contribution in [2.24, 2.45) is 0 Å². The summed E-state index contributed by atoms with van der Waals surface area (Å²) >= 11 is 5.94. The second-order valence-electron chi connectivity index (χ2n) is 4.61. The van der Waals surface area contributed by atoms with E-state index >= 15 is 0 Å². The molecular formula is C14H17ClN2O4. The number of hydrogen-bond acceptors (Lipinski definition) is 4. The number of rotatable bonds is 8. The fraction of sp³-hybridized carbons (Fsp3) is 0.429. The molecule has 0 radical (unpaired) electrons. The highest BCUT2D eigenvalue weighted by atomic mass is 35.5. The fourth-order valence-electron chi connectivity index (χ4n) is 1.84. The minimum absolute atomic E-state index is 0.0789. The lowest BCUT2D eigenvalue weighted by Crippen LogP contribution is -2.14. The van der Waals surface area contributed by atoms with E-state index in [-0.39, 0.29) is 22.8 Å². The number of nitro groups is 1. The van der Waals surface area contributed by atoms with Gasteiger partial charge in [0.25, 0.3) is 6.04 Å². The van der Waals surface area contributed by atoms with Crippen LogP contribution in [-0.4, -0.2) is 17.1 Å². The molecule has 1 atom stereocenters. The van der Waals surface area contributed by atoms with Crippen LogP contribution in [0.1, 0.15) is 44.2 Å². The number of carbonyl (C=O) groups is 2. The van der Waals surface area contributed by atoms with E-state index in [0.29, 0.717) is 12.1 Å². The van der Waals surface area contributed by atoms with Gasteiger partial charge in [0.1, 0.15) is 0 Å². The van der Waals surface area contributed by atoms with Crippen molar-refractivity contribution in [1.82, 2.24) is 0 Å². The number of nitrogens with zero attached hydrogens (tertiary/aromatic N) is 1. The van der Waals surface area contributed by atoms with Crippen molar-refractivity contribution in [2.45, 2.75) is 38.6 Å². The Bertz CT molecular complexity index is 534. The second-order valence-corrected chi connectivity index (χ2v) is 5.02. The smallest absolute Gasteiger partial charge is 0.293 e. The molecule has 0 saturated carbocycles. The number of unbranched alkanes of at least 4 members (excludes halogenated alkanes) is 2. The Labute approximate surface area is 127 Å². The van der Waals surface area contributed by atoms with E-state index in [4.69, 9.17) is 11.6 Å². The molecule has 0 heterocycles. The molecule has 0 spiro atoms. The normalized spacial score (nSPS) is 11.7. The molecule has 0 aliphatic heterocycles. The van der Waals surface area contributed by atoms with Gasteiger partial charge in [-0.2, -0.15) is 0 Å². The van der Waals surface area contributed by atoms with Crippen molar-refractivity contribution in [3.63, 3.8) is 0 Å². The molecule has 0 fully saturated rings. The topological polar surface area (TPSA) is 89.3 Å². The lowest BCUT2D eigenvalue weighted by Gasteiger charge is -2.09. The molecule has 6 nitrogen and oxygen atoms in total. The number of aldehydes is 1. The zero-order valence-corrected chi connectivity index (χ0v) is 12.4. The van der Waals surface area contributed by atoms with Crippen LogP contribution >= 0.6 is 11.6 Å². The van der Waals surface area contributed by atoms with Crippen LogP contribution in [0.5, 0.6) is 0 Å². The number of benzene rings is 1. The summed E-state index contributed by atoms with van der Waals surface area (Å²) in [4.78, 5) is 32.4. The Hall–Kier alpha value is -1.95. The predicted molar refractivity (Wildman–Crippen MR) is 80.0 cm³/mol. The number of carbonyl (C=O) groups excluding carboxylic acids is 2. The van der Waals surface area contributed by atoms with Crippen LogP contribution in [0.4, 0.5) is 5.69 Å². The van der Waals surface area contributed by atoms with Gasteiger partial charge < -0.3 is 5.32 Å². The van der Waals surface area contributed by atoms with Crippen LogP contribution in [-0.2, 0) is 9.59 Å². The van der Waals surface area contributed by atoms with Gasteiger partial charge in [-0.15, -0.1) is 0 Å². The highest BCUT2D eigenvalue weighted by molar-refractivity contribution is 6.31. The Morgan fingerprint density at radius 2 is 2.19 bits per heavy atom. The van der Waals surface area contributed by atoms with Crippen LogP contribution in [0, 0.1) is 10.1 Å². The maximum Gasteiger partial charge on any atom is 0.293 e. The first-order valence-corrected chi connectivity index (χ1v) is 7.05. The fourth-order valence-corrected chi connectivity index (χ4v) is 2.13. The molecule has 1 aromatic carbocycles. The zero-order chi connectivity index (χ0) is 15.8. The van der Waals surface area contributed by atoms with Gasteiger partial charge in [-0.1, -0.05) is 31.4 Å². The highest BCUT2D eigenvalue weighted by Crippen LogP contribution is 2.27. The summed E-state index contributed by atoms with van der Waals surface area (Å²) in [5.74, 6) is -0.131. The van der Waals surface area contributed by atoms with E-state index in [2.05, 4.69) is 12.2 Å². The Morgan fingerprint density at radius 1 is 1.48 bits per heavy atom. The molecule has 0 aliphatic rings. The Morgan fingerprint density at radius 3 is 2.71 bits per heavy atom. The summed E-state index contributed by atoms with van der Waals surface area (Å²) in [6, 6.07) is 2.80. The Kier molecular flexibility index (Phi) is 6.81. The first-order chi connectivity index (χ1) is 9.99. The summed E-state index contributed by atoms with van der Waals surface area (Å²) < 4.78 is 0. The van der Waals surface area contributed by atoms with E-state index in [9.17, 15) is 19.7 Å². The van der Waals surface area contributed by atoms with Gasteiger partial charge in [0, 0.05) is 17.0 Å². The molecule has 0 aromatic heterocycles. The average Bonchev–Trinajstić information content (AvgIpc) is 2.42. The summed E-state index contributed by atoms with van der Waals surface area (Å²) in [6.45, 7) is 2.05. The third kappa shape index (κ3) is 5.15. The molecule has 114 valence electrons. The average molecular weight is 313 g/mol. The van der Waals surface area contributed by atoms with Gasteiger partial charge in [0.2, 0.25) is 5.91 Å². The van der Waals surface area contributed by atoms with Crippen LogP contribution < -0.4 is 5.32 Å². The van der Waals surface area contributed by atoms with Gasteiger partial charge in [0.05, 0.1) is 10.6 Å². The zero-order valence-electron chi connectivity index (χ0n) is 11.7. The van der Waals surface area contributed by atoms with E-state index in [1.54, 1.807) is 0 Å². The predicted octanol–water partition coefficient (Wildman–Crippen LogP) is 3.38. The molecule has 1 N–H and O–H groups in total. The second kappa shape index (κ2) is 8.36. The lowest BCUT2D eigenvalue weighted by atomic mass is 10.1.